The second-order valence-electron chi connectivity index (χ2n) is 14.3. The van der Waals surface area contributed by atoms with Crippen LogP contribution in [0.25, 0.3) is 72.8 Å². The van der Waals surface area contributed by atoms with Crippen molar-refractivity contribution in [2.75, 3.05) is 0 Å². The fourth-order valence-electron chi connectivity index (χ4n) is 8.58. The number of aromatic nitrogens is 4. The summed E-state index contributed by atoms with van der Waals surface area (Å²) in [4.78, 5) is 18.4. The third-order valence-corrected chi connectivity index (χ3v) is 12.3. The van der Waals surface area contributed by atoms with E-state index in [2.05, 4.69) is 181 Å². The van der Waals surface area contributed by atoms with Crippen LogP contribution in [0.2, 0.25) is 0 Å². The molecule has 56 heavy (non-hydrogen) atoms. The molecule has 0 amide bonds. The fourth-order valence-corrected chi connectivity index (χ4v) is 9.86. The van der Waals surface area contributed by atoms with Crippen LogP contribution in [0.3, 0.4) is 0 Å². The first-order valence-corrected chi connectivity index (χ1v) is 19.8. The van der Waals surface area contributed by atoms with Crippen LogP contribution >= 0.6 is 11.8 Å². The summed E-state index contributed by atoms with van der Waals surface area (Å²) < 4.78 is 2.39. The molecule has 2 aromatic heterocycles. The lowest BCUT2D eigenvalue weighted by Gasteiger charge is -2.26. The van der Waals surface area contributed by atoms with Crippen molar-refractivity contribution in [3.63, 3.8) is 0 Å². The molecule has 264 valence electrons. The summed E-state index contributed by atoms with van der Waals surface area (Å²) in [5, 5.41) is 2.46. The van der Waals surface area contributed by atoms with E-state index in [0.29, 0.717) is 17.5 Å². The van der Waals surface area contributed by atoms with Crippen molar-refractivity contribution in [2.45, 2.75) is 16.7 Å². The number of rotatable bonds is 6. The molecule has 5 heteroatoms. The van der Waals surface area contributed by atoms with Crippen LogP contribution in [0, 0.1) is 0 Å². The van der Waals surface area contributed by atoms with Crippen LogP contribution in [0.4, 0.5) is 0 Å². The monoisotopic (exact) mass is 734 g/mol. The number of hydrogen-bond donors (Lipinski definition) is 0. The lowest BCUT2D eigenvalue weighted by molar-refractivity contribution is 0.720. The van der Waals surface area contributed by atoms with Crippen LogP contribution in [0.1, 0.15) is 23.0 Å². The van der Waals surface area contributed by atoms with Gasteiger partial charge in [0.25, 0.3) is 0 Å². The van der Waals surface area contributed by atoms with E-state index in [0.717, 1.165) is 33.5 Å². The Hall–Kier alpha value is -6.82. The van der Waals surface area contributed by atoms with Crippen LogP contribution in [0.15, 0.2) is 204 Å². The standard InChI is InChI=1S/C51H34N4S/c1-4-16-33(17-5-1)37-24-14-28-45-47(37)48-40(25-15-29-46(48)56-45)51-53-49(35-20-8-3-9-21-35)52-50(54-51)36-30-31-44(41(32-36)34-18-6-2-7-19-34)55-42-26-12-10-22-38(42)39-23-11-13-27-43(39)55/h1-32,37,47H. The van der Waals surface area contributed by atoms with Crippen molar-refractivity contribution in [2.24, 2.45) is 0 Å². The lowest BCUT2D eigenvalue weighted by atomic mass is 9.77. The van der Waals surface area contributed by atoms with E-state index in [9.17, 15) is 0 Å². The summed E-state index contributed by atoms with van der Waals surface area (Å²) in [7, 11) is 0. The van der Waals surface area contributed by atoms with E-state index in [1.807, 2.05) is 30.0 Å². The third kappa shape index (κ3) is 5.43. The van der Waals surface area contributed by atoms with E-state index in [4.69, 9.17) is 15.0 Å². The van der Waals surface area contributed by atoms with Gasteiger partial charge in [0, 0.05) is 49.8 Å². The molecule has 3 heterocycles. The molecule has 0 N–H and O–H groups in total. The Balaban J connectivity index is 1.12. The quantitative estimate of drug-likeness (QED) is 0.171. The maximum Gasteiger partial charge on any atom is 0.164 e. The van der Waals surface area contributed by atoms with Gasteiger partial charge in [0.2, 0.25) is 0 Å². The number of hydrogen-bond acceptors (Lipinski definition) is 4. The number of benzene rings is 7. The van der Waals surface area contributed by atoms with Gasteiger partial charge in [-0.3, -0.25) is 0 Å². The molecule has 9 aromatic rings. The maximum absolute atomic E-state index is 5.36. The molecule has 0 spiro atoms. The Kier molecular flexibility index (Phi) is 7.85. The summed E-state index contributed by atoms with van der Waals surface area (Å²) in [5.41, 5.74) is 11.2. The van der Waals surface area contributed by atoms with E-state index in [-0.39, 0.29) is 11.8 Å². The Morgan fingerprint density at radius 3 is 1.80 bits per heavy atom. The molecule has 11 rings (SSSR count). The number of allylic oxidation sites excluding steroid dienone is 4. The molecule has 7 aromatic carbocycles. The second kappa shape index (κ2) is 13.5. The van der Waals surface area contributed by atoms with Gasteiger partial charge in [0.1, 0.15) is 0 Å². The summed E-state index contributed by atoms with van der Waals surface area (Å²) in [6, 6.07) is 62.3. The molecule has 1 aliphatic carbocycles. The van der Waals surface area contributed by atoms with Gasteiger partial charge < -0.3 is 4.57 Å². The number of fused-ring (bicyclic) bond motifs is 6. The molecule has 0 saturated heterocycles. The van der Waals surface area contributed by atoms with Gasteiger partial charge in [0.05, 0.1) is 16.7 Å². The van der Waals surface area contributed by atoms with Crippen molar-refractivity contribution in [3.8, 4) is 51.0 Å². The Bertz CT molecular complexity index is 2950. The van der Waals surface area contributed by atoms with Gasteiger partial charge in [-0.15, -0.1) is 0 Å². The van der Waals surface area contributed by atoms with Gasteiger partial charge in [-0.1, -0.05) is 170 Å². The van der Waals surface area contributed by atoms with Gasteiger partial charge in [-0.05, 0) is 58.0 Å². The zero-order valence-electron chi connectivity index (χ0n) is 30.3. The first-order chi connectivity index (χ1) is 27.8. The molecule has 0 radical (unpaired) electrons. The average Bonchev–Trinajstić information content (AvgIpc) is 3.83. The highest BCUT2D eigenvalue weighted by Gasteiger charge is 2.38. The van der Waals surface area contributed by atoms with Crippen molar-refractivity contribution < 1.29 is 0 Å². The summed E-state index contributed by atoms with van der Waals surface area (Å²) in [5.74, 6) is 2.36. The highest BCUT2D eigenvalue weighted by molar-refractivity contribution is 8.03. The van der Waals surface area contributed by atoms with Gasteiger partial charge >= 0.3 is 0 Å². The molecular weight excluding hydrogens is 701 g/mol. The summed E-state index contributed by atoms with van der Waals surface area (Å²) >= 11 is 1.87. The molecule has 0 fully saturated rings. The highest BCUT2D eigenvalue weighted by Crippen LogP contribution is 2.58. The molecule has 4 nitrogen and oxygen atoms in total. The third-order valence-electron chi connectivity index (χ3n) is 11.1. The molecule has 0 bridgehead atoms. The minimum Gasteiger partial charge on any atom is -0.309 e. The molecule has 2 unspecified atom stereocenters. The first kappa shape index (κ1) is 32.6. The van der Waals surface area contributed by atoms with E-state index in [1.54, 1.807) is 0 Å². The lowest BCUT2D eigenvalue weighted by Crippen LogP contribution is -2.12. The zero-order chi connectivity index (χ0) is 37.0. The van der Waals surface area contributed by atoms with Crippen molar-refractivity contribution >= 4 is 33.6 Å². The topological polar surface area (TPSA) is 43.6 Å². The minimum absolute atomic E-state index is 0.175. The zero-order valence-corrected chi connectivity index (χ0v) is 31.1. The molecule has 1 aliphatic heterocycles. The summed E-state index contributed by atoms with van der Waals surface area (Å²) in [6.07, 6.45) is 6.83. The van der Waals surface area contributed by atoms with Crippen molar-refractivity contribution in [1.29, 1.82) is 0 Å². The van der Waals surface area contributed by atoms with E-state index in [1.165, 1.54) is 42.7 Å². The predicted molar refractivity (Wildman–Crippen MR) is 231 cm³/mol. The second-order valence-corrected chi connectivity index (χ2v) is 15.4. The molecular formula is C51H34N4S. The number of thioether (sulfide) groups is 1. The molecule has 2 aliphatic rings. The van der Waals surface area contributed by atoms with Crippen LogP contribution in [-0.4, -0.2) is 19.5 Å². The average molecular weight is 735 g/mol. The van der Waals surface area contributed by atoms with Crippen LogP contribution in [0.5, 0.6) is 0 Å². The Labute approximate surface area is 329 Å². The van der Waals surface area contributed by atoms with Crippen LogP contribution < -0.4 is 0 Å². The van der Waals surface area contributed by atoms with Gasteiger partial charge in [0.15, 0.2) is 17.5 Å². The normalized spacial score (nSPS) is 15.8. The smallest absolute Gasteiger partial charge is 0.164 e. The van der Waals surface area contributed by atoms with E-state index < -0.39 is 0 Å². The Morgan fingerprint density at radius 1 is 0.482 bits per heavy atom. The first-order valence-electron chi connectivity index (χ1n) is 19.0. The van der Waals surface area contributed by atoms with Crippen molar-refractivity contribution in [1.82, 2.24) is 19.5 Å². The minimum atomic E-state index is 0.175. The number of para-hydroxylation sites is 2. The molecule has 0 saturated carbocycles. The molecule has 2 atom stereocenters. The SMILES string of the molecule is C1=CC(c2ccccc2)C2C(=C1)Sc1cccc(-c3nc(-c4ccccc4)nc(-c4ccc(-n5c6ccccc6c6ccccc65)c(-c5ccccc5)c4)n3)c12. The van der Waals surface area contributed by atoms with E-state index >= 15 is 0 Å². The number of nitrogens with zero attached hydrogens (tertiary/aromatic N) is 4. The Morgan fingerprint density at radius 2 is 1.09 bits per heavy atom. The van der Waals surface area contributed by atoms with Gasteiger partial charge in [-0.25, -0.2) is 15.0 Å². The predicted octanol–water partition coefficient (Wildman–Crippen LogP) is 13.1. The van der Waals surface area contributed by atoms with Crippen molar-refractivity contribution in [3.05, 3.63) is 210 Å². The highest BCUT2D eigenvalue weighted by atomic mass is 32.2. The van der Waals surface area contributed by atoms with Crippen LogP contribution in [-0.2, 0) is 0 Å². The summed E-state index contributed by atoms with van der Waals surface area (Å²) in [6.45, 7) is 0. The largest absolute Gasteiger partial charge is 0.309 e. The van der Waals surface area contributed by atoms with Gasteiger partial charge in [-0.2, -0.15) is 0 Å². The maximum atomic E-state index is 5.36. The fraction of sp³-hybridized carbons (Fsp3) is 0.0392.